The minimum atomic E-state index is -0.124. The van der Waals surface area contributed by atoms with E-state index in [1.54, 1.807) is 32.2 Å². The van der Waals surface area contributed by atoms with Crippen LogP contribution in [0.5, 0.6) is 0 Å². The molecule has 0 radical (unpaired) electrons. The highest BCUT2D eigenvalue weighted by Gasteiger charge is 2.07. The fraction of sp³-hybridized carbons (Fsp3) is 0.200. The van der Waals surface area contributed by atoms with E-state index in [2.05, 4.69) is 10.3 Å². The van der Waals surface area contributed by atoms with Crippen molar-refractivity contribution in [2.24, 2.45) is 0 Å². The number of carbonyl (C=O) groups is 1. The Morgan fingerprint density at radius 3 is 3.00 bits per heavy atom. The summed E-state index contributed by atoms with van der Waals surface area (Å²) in [5.74, 6) is 0.481. The first kappa shape index (κ1) is 8.74. The monoisotopic (exact) mass is 190 g/mol. The molecule has 0 atom stereocenters. The quantitative estimate of drug-likeness (QED) is 0.741. The highest BCUT2D eigenvalue weighted by molar-refractivity contribution is 5.96. The summed E-state index contributed by atoms with van der Waals surface area (Å²) in [5.41, 5.74) is 2.00. The Morgan fingerprint density at radius 1 is 1.50 bits per heavy atom. The summed E-state index contributed by atoms with van der Waals surface area (Å²) >= 11 is 0. The van der Waals surface area contributed by atoms with Crippen molar-refractivity contribution in [1.82, 2.24) is 10.3 Å². The fourth-order valence-corrected chi connectivity index (χ4v) is 1.33. The molecule has 4 nitrogen and oxygen atoms in total. The lowest BCUT2D eigenvalue weighted by Gasteiger charge is -1.97. The van der Waals surface area contributed by atoms with E-state index in [1.807, 2.05) is 0 Å². The number of nitrogens with one attached hydrogen (secondary N) is 1. The molecule has 4 heteroatoms. The van der Waals surface area contributed by atoms with Crippen molar-refractivity contribution in [3.63, 3.8) is 0 Å². The van der Waals surface area contributed by atoms with Crippen molar-refractivity contribution in [3.8, 4) is 0 Å². The van der Waals surface area contributed by atoms with E-state index in [1.165, 1.54) is 0 Å². The Kier molecular flexibility index (Phi) is 1.96. The van der Waals surface area contributed by atoms with E-state index in [0.29, 0.717) is 17.0 Å². The average molecular weight is 190 g/mol. The summed E-state index contributed by atoms with van der Waals surface area (Å²) in [7, 11) is 1.60. The highest BCUT2D eigenvalue weighted by atomic mass is 16.3. The van der Waals surface area contributed by atoms with Crippen LogP contribution in [0.15, 0.2) is 22.6 Å². The second kappa shape index (κ2) is 3.14. The van der Waals surface area contributed by atoms with E-state index < -0.39 is 0 Å². The molecule has 1 N–H and O–H groups in total. The van der Waals surface area contributed by atoms with Gasteiger partial charge in [-0.3, -0.25) is 4.79 Å². The number of benzene rings is 1. The molecule has 1 aromatic carbocycles. The van der Waals surface area contributed by atoms with Crippen molar-refractivity contribution >= 4 is 17.0 Å². The van der Waals surface area contributed by atoms with Crippen molar-refractivity contribution < 1.29 is 9.21 Å². The summed E-state index contributed by atoms with van der Waals surface area (Å²) in [6.45, 7) is 1.78. The molecule has 14 heavy (non-hydrogen) atoms. The minimum absolute atomic E-state index is 0.124. The predicted octanol–water partition coefficient (Wildman–Crippen LogP) is 1.50. The zero-order chi connectivity index (χ0) is 10.1. The number of fused-ring (bicyclic) bond motifs is 1. The maximum atomic E-state index is 11.3. The van der Waals surface area contributed by atoms with Gasteiger partial charge < -0.3 is 9.73 Å². The summed E-state index contributed by atoms with van der Waals surface area (Å²) in [4.78, 5) is 15.4. The smallest absolute Gasteiger partial charge is 0.251 e. The number of aryl methyl sites for hydroxylation is 1. The topological polar surface area (TPSA) is 55.1 Å². The first-order valence-corrected chi connectivity index (χ1v) is 4.30. The van der Waals surface area contributed by atoms with E-state index in [-0.39, 0.29) is 5.91 Å². The normalized spacial score (nSPS) is 10.4. The molecular weight excluding hydrogens is 180 g/mol. The first-order chi connectivity index (χ1) is 6.70. The third kappa shape index (κ3) is 1.35. The molecule has 2 aromatic rings. The lowest BCUT2D eigenvalue weighted by atomic mass is 10.2. The molecule has 1 aromatic heterocycles. The predicted molar refractivity (Wildman–Crippen MR) is 52.1 cm³/mol. The standard InChI is InChI=1S/C10H10N2O2/c1-6-12-8-4-3-7(10(13)11-2)5-9(8)14-6/h3-5H,1-2H3,(H,11,13). The lowest BCUT2D eigenvalue weighted by Crippen LogP contribution is -2.17. The molecule has 2 rings (SSSR count). The van der Waals surface area contributed by atoms with Gasteiger partial charge in [-0.1, -0.05) is 0 Å². The number of amides is 1. The van der Waals surface area contributed by atoms with E-state index in [4.69, 9.17) is 4.42 Å². The third-order valence-electron chi connectivity index (χ3n) is 1.98. The zero-order valence-electron chi connectivity index (χ0n) is 8.00. The van der Waals surface area contributed by atoms with Crippen LogP contribution in [0.2, 0.25) is 0 Å². The fourth-order valence-electron chi connectivity index (χ4n) is 1.33. The number of nitrogens with zero attached hydrogens (tertiary/aromatic N) is 1. The maximum absolute atomic E-state index is 11.3. The highest BCUT2D eigenvalue weighted by Crippen LogP contribution is 2.16. The Bertz CT molecular complexity index is 488. The number of carbonyl (C=O) groups excluding carboxylic acids is 1. The summed E-state index contributed by atoms with van der Waals surface area (Å²) in [5, 5.41) is 2.55. The zero-order valence-corrected chi connectivity index (χ0v) is 8.00. The molecular formula is C10H10N2O2. The van der Waals surface area contributed by atoms with Crippen LogP contribution in [0.4, 0.5) is 0 Å². The van der Waals surface area contributed by atoms with Crippen molar-refractivity contribution in [1.29, 1.82) is 0 Å². The van der Waals surface area contributed by atoms with Crippen molar-refractivity contribution in [3.05, 3.63) is 29.7 Å². The molecule has 0 unspecified atom stereocenters. The first-order valence-electron chi connectivity index (χ1n) is 4.30. The molecule has 0 aliphatic rings. The van der Waals surface area contributed by atoms with Gasteiger partial charge in [0.1, 0.15) is 5.52 Å². The van der Waals surface area contributed by atoms with E-state index in [9.17, 15) is 4.79 Å². The van der Waals surface area contributed by atoms with Crippen LogP contribution in [-0.4, -0.2) is 17.9 Å². The van der Waals surface area contributed by atoms with E-state index in [0.717, 1.165) is 5.52 Å². The molecule has 0 saturated heterocycles. The number of rotatable bonds is 1. The van der Waals surface area contributed by atoms with Gasteiger partial charge in [0.05, 0.1) is 0 Å². The SMILES string of the molecule is CNC(=O)c1ccc2nc(C)oc2c1. The van der Waals surface area contributed by atoms with Crippen LogP contribution in [0, 0.1) is 6.92 Å². The van der Waals surface area contributed by atoms with Crippen LogP contribution in [0.1, 0.15) is 16.2 Å². The van der Waals surface area contributed by atoms with Crippen molar-refractivity contribution in [2.45, 2.75) is 6.92 Å². The molecule has 1 amide bonds. The number of aromatic nitrogens is 1. The Morgan fingerprint density at radius 2 is 2.29 bits per heavy atom. The van der Waals surface area contributed by atoms with Gasteiger partial charge in [0, 0.05) is 19.5 Å². The molecule has 0 spiro atoms. The Labute approximate surface area is 80.9 Å². The van der Waals surface area contributed by atoms with Crippen LogP contribution < -0.4 is 5.32 Å². The van der Waals surface area contributed by atoms with Crippen LogP contribution in [0.25, 0.3) is 11.1 Å². The summed E-state index contributed by atoms with van der Waals surface area (Å²) < 4.78 is 5.31. The van der Waals surface area contributed by atoms with Crippen LogP contribution in [0.3, 0.4) is 0 Å². The number of oxazole rings is 1. The van der Waals surface area contributed by atoms with Crippen LogP contribution >= 0.6 is 0 Å². The molecule has 0 bridgehead atoms. The van der Waals surface area contributed by atoms with Gasteiger partial charge in [0.2, 0.25) is 0 Å². The van der Waals surface area contributed by atoms with Gasteiger partial charge in [-0.25, -0.2) is 4.98 Å². The van der Waals surface area contributed by atoms with Gasteiger partial charge in [0.15, 0.2) is 11.5 Å². The molecule has 0 saturated carbocycles. The Balaban J connectivity index is 2.55. The van der Waals surface area contributed by atoms with Gasteiger partial charge in [-0.05, 0) is 18.2 Å². The molecule has 0 aliphatic carbocycles. The van der Waals surface area contributed by atoms with Gasteiger partial charge in [0.25, 0.3) is 5.91 Å². The van der Waals surface area contributed by atoms with Crippen molar-refractivity contribution in [2.75, 3.05) is 7.05 Å². The van der Waals surface area contributed by atoms with Crippen LogP contribution in [-0.2, 0) is 0 Å². The summed E-state index contributed by atoms with van der Waals surface area (Å²) in [6, 6.07) is 5.19. The maximum Gasteiger partial charge on any atom is 0.251 e. The minimum Gasteiger partial charge on any atom is -0.441 e. The second-order valence-corrected chi connectivity index (χ2v) is 2.99. The largest absolute Gasteiger partial charge is 0.441 e. The van der Waals surface area contributed by atoms with Gasteiger partial charge in [-0.15, -0.1) is 0 Å². The molecule has 72 valence electrons. The van der Waals surface area contributed by atoms with E-state index >= 15 is 0 Å². The number of hydrogen-bond donors (Lipinski definition) is 1. The molecule has 1 heterocycles. The lowest BCUT2D eigenvalue weighted by molar-refractivity contribution is 0.0963. The molecule has 0 fully saturated rings. The second-order valence-electron chi connectivity index (χ2n) is 2.99. The number of hydrogen-bond acceptors (Lipinski definition) is 3. The van der Waals surface area contributed by atoms with Gasteiger partial charge in [-0.2, -0.15) is 0 Å². The average Bonchev–Trinajstić information content (AvgIpc) is 2.55. The third-order valence-corrected chi connectivity index (χ3v) is 1.98. The van der Waals surface area contributed by atoms with Gasteiger partial charge >= 0.3 is 0 Å². The Hall–Kier alpha value is -1.84. The molecule has 0 aliphatic heterocycles. The summed E-state index contributed by atoms with van der Waals surface area (Å²) in [6.07, 6.45) is 0.